The summed E-state index contributed by atoms with van der Waals surface area (Å²) >= 11 is 0. The second-order valence-corrected chi connectivity index (χ2v) is 5.19. The molecule has 3 atom stereocenters. The van der Waals surface area contributed by atoms with Crippen molar-refractivity contribution in [3.8, 4) is 0 Å². The average molecular weight is 230 g/mol. The number of carbonyl (C=O) groups excluding carboxylic acids is 1. The van der Waals surface area contributed by atoms with Gasteiger partial charge in [0.15, 0.2) is 0 Å². The first-order valence-electron chi connectivity index (χ1n) is 5.86. The molecule has 4 heteroatoms. The third-order valence-electron chi connectivity index (χ3n) is 2.89. The van der Waals surface area contributed by atoms with Gasteiger partial charge in [0.1, 0.15) is 0 Å². The second-order valence-electron chi connectivity index (χ2n) is 5.19. The molecule has 1 aliphatic rings. The summed E-state index contributed by atoms with van der Waals surface area (Å²) in [5.41, 5.74) is 0. The van der Waals surface area contributed by atoms with E-state index in [0.29, 0.717) is 12.3 Å². The first-order chi connectivity index (χ1) is 7.37. The number of esters is 1. The lowest BCUT2D eigenvalue weighted by atomic mass is 9.88. The molecule has 0 spiro atoms. The van der Waals surface area contributed by atoms with Crippen LogP contribution in [-0.2, 0) is 14.3 Å². The fourth-order valence-electron chi connectivity index (χ4n) is 2.34. The van der Waals surface area contributed by atoms with Crippen LogP contribution in [0, 0.1) is 11.8 Å². The maximum Gasteiger partial charge on any atom is 0.366 e. The van der Waals surface area contributed by atoms with Crippen molar-refractivity contribution in [2.24, 2.45) is 11.8 Å². The minimum Gasteiger partial charge on any atom is -0.465 e. The Morgan fingerprint density at radius 2 is 2.25 bits per heavy atom. The Morgan fingerprint density at radius 3 is 2.75 bits per heavy atom. The monoisotopic (exact) mass is 230 g/mol. The molecule has 4 nitrogen and oxygen atoms in total. The molecule has 1 aliphatic heterocycles. The first-order valence-corrected chi connectivity index (χ1v) is 5.86. The predicted octanol–water partition coefficient (Wildman–Crippen LogP) is 1.71. The molecule has 0 aliphatic carbocycles. The largest absolute Gasteiger partial charge is 0.465 e. The van der Waals surface area contributed by atoms with Gasteiger partial charge in [-0.25, -0.2) is 4.79 Å². The summed E-state index contributed by atoms with van der Waals surface area (Å²) in [5.74, 6) is -1.68. The molecule has 0 amide bonds. The van der Waals surface area contributed by atoms with Crippen LogP contribution in [-0.4, -0.2) is 30.1 Å². The zero-order valence-corrected chi connectivity index (χ0v) is 10.5. The third-order valence-corrected chi connectivity index (χ3v) is 2.89. The Hall–Kier alpha value is -0.610. The molecular weight excluding hydrogens is 208 g/mol. The first kappa shape index (κ1) is 13.5. The van der Waals surface area contributed by atoms with Gasteiger partial charge in [0.25, 0.3) is 5.79 Å². The van der Waals surface area contributed by atoms with Crippen LogP contribution in [0.25, 0.3) is 0 Å². The Balaban J connectivity index is 2.70. The van der Waals surface area contributed by atoms with E-state index in [9.17, 15) is 9.90 Å². The molecule has 94 valence electrons. The van der Waals surface area contributed by atoms with E-state index in [-0.39, 0.29) is 12.0 Å². The molecule has 0 radical (unpaired) electrons. The van der Waals surface area contributed by atoms with Gasteiger partial charge in [-0.3, -0.25) is 0 Å². The van der Waals surface area contributed by atoms with E-state index < -0.39 is 11.8 Å². The highest BCUT2D eigenvalue weighted by Gasteiger charge is 2.45. The zero-order valence-electron chi connectivity index (χ0n) is 10.5. The smallest absolute Gasteiger partial charge is 0.366 e. The quantitative estimate of drug-likeness (QED) is 0.750. The van der Waals surface area contributed by atoms with E-state index in [0.717, 1.165) is 12.8 Å². The van der Waals surface area contributed by atoms with Crippen molar-refractivity contribution in [1.29, 1.82) is 0 Å². The van der Waals surface area contributed by atoms with Crippen LogP contribution < -0.4 is 0 Å². The molecule has 0 bridgehead atoms. The van der Waals surface area contributed by atoms with Gasteiger partial charge in [-0.15, -0.1) is 0 Å². The lowest BCUT2D eigenvalue weighted by Gasteiger charge is -2.38. The Kier molecular flexibility index (Phi) is 4.33. The highest BCUT2D eigenvalue weighted by atomic mass is 16.7. The van der Waals surface area contributed by atoms with Crippen LogP contribution in [0.2, 0.25) is 0 Å². The number of hydrogen-bond acceptors (Lipinski definition) is 4. The highest BCUT2D eigenvalue weighted by molar-refractivity contribution is 5.77. The van der Waals surface area contributed by atoms with E-state index in [1.807, 2.05) is 6.92 Å². The average Bonchev–Trinajstić information content (AvgIpc) is 2.13. The minimum absolute atomic E-state index is 0.0622. The maximum absolute atomic E-state index is 11.5. The van der Waals surface area contributed by atoms with Crippen molar-refractivity contribution in [3.63, 3.8) is 0 Å². The van der Waals surface area contributed by atoms with Crippen LogP contribution in [0.1, 0.15) is 40.0 Å². The molecule has 0 unspecified atom stereocenters. The number of ether oxygens (including phenoxy) is 2. The molecule has 0 saturated carbocycles. The van der Waals surface area contributed by atoms with Gasteiger partial charge in [0.05, 0.1) is 13.2 Å². The molecule has 0 aromatic heterocycles. The lowest BCUT2D eigenvalue weighted by Crippen LogP contribution is -2.50. The number of rotatable bonds is 3. The van der Waals surface area contributed by atoms with Crippen LogP contribution >= 0.6 is 0 Å². The molecule has 1 rings (SSSR count). The van der Waals surface area contributed by atoms with Gasteiger partial charge >= 0.3 is 5.97 Å². The topological polar surface area (TPSA) is 55.8 Å². The Bertz CT molecular complexity index is 249. The molecule has 16 heavy (non-hydrogen) atoms. The highest BCUT2D eigenvalue weighted by Crippen LogP contribution is 2.34. The van der Waals surface area contributed by atoms with Crippen molar-refractivity contribution in [1.82, 2.24) is 0 Å². The van der Waals surface area contributed by atoms with Crippen LogP contribution in [0.15, 0.2) is 0 Å². The van der Waals surface area contributed by atoms with Gasteiger partial charge in [0.2, 0.25) is 0 Å². The Labute approximate surface area is 96.9 Å². The van der Waals surface area contributed by atoms with Crippen LogP contribution in [0.4, 0.5) is 0 Å². The molecule has 1 saturated heterocycles. The van der Waals surface area contributed by atoms with Crippen molar-refractivity contribution in [2.45, 2.75) is 51.9 Å². The zero-order chi connectivity index (χ0) is 12.3. The predicted molar refractivity (Wildman–Crippen MR) is 59.7 cm³/mol. The van der Waals surface area contributed by atoms with E-state index >= 15 is 0 Å². The summed E-state index contributed by atoms with van der Waals surface area (Å²) in [5, 5.41) is 10.1. The Morgan fingerprint density at radius 1 is 1.62 bits per heavy atom. The summed E-state index contributed by atoms with van der Waals surface area (Å²) in [4.78, 5) is 11.5. The van der Waals surface area contributed by atoms with Gasteiger partial charge in [0, 0.05) is 6.42 Å². The van der Waals surface area contributed by atoms with Crippen LogP contribution in [0.3, 0.4) is 0 Å². The van der Waals surface area contributed by atoms with Crippen molar-refractivity contribution < 1.29 is 19.4 Å². The van der Waals surface area contributed by atoms with Crippen LogP contribution in [0.5, 0.6) is 0 Å². The second kappa shape index (κ2) is 5.15. The molecule has 0 aromatic carbocycles. The molecular formula is C12H22O4. The maximum atomic E-state index is 11.5. The van der Waals surface area contributed by atoms with Crippen molar-refractivity contribution >= 4 is 5.97 Å². The summed E-state index contributed by atoms with van der Waals surface area (Å²) in [6.07, 6.45) is 1.99. The standard InChI is InChI=1S/C12H22O4/c1-8(2)5-10-6-9(3)7-12(14,16-10)11(13)15-4/h8-10,14H,5-7H2,1-4H3/t9-,10-,12+/m1/s1. The molecule has 1 heterocycles. The minimum atomic E-state index is -1.74. The van der Waals surface area contributed by atoms with E-state index in [2.05, 4.69) is 18.6 Å². The molecule has 0 aromatic rings. The third kappa shape index (κ3) is 3.19. The number of carbonyl (C=O) groups is 1. The van der Waals surface area contributed by atoms with E-state index in [1.54, 1.807) is 0 Å². The fourth-order valence-corrected chi connectivity index (χ4v) is 2.34. The summed E-state index contributed by atoms with van der Waals surface area (Å²) < 4.78 is 10.1. The normalized spacial score (nSPS) is 35.1. The van der Waals surface area contributed by atoms with E-state index in [1.165, 1.54) is 7.11 Å². The number of aliphatic hydroxyl groups is 1. The SMILES string of the molecule is COC(=O)[C@]1(O)C[C@H](C)C[C@@H](CC(C)C)O1. The van der Waals surface area contributed by atoms with Crippen molar-refractivity contribution in [3.05, 3.63) is 0 Å². The van der Waals surface area contributed by atoms with Crippen molar-refractivity contribution in [2.75, 3.05) is 7.11 Å². The van der Waals surface area contributed by atoms with Gasteiger partial charge in [-0.05, 0) is 24.7 Å². The summed E-state index contributed by atoms with van der Waals surface area (Å²) in [6, 6.07) is 0. The lowest BCUT2D eigenvalue weighted by molar-refractivity contribution is -0.267. The summed E-state index contributed by atoms with van der Waals surface area (Å²) in [7, 11) is 1.26. The fraction of sp³-hybridized carbons (Fsp3) is 0.917. The van der Waals surface area contributed by atoms with Gasteiger partial charge in [-0.2, -0.15) is 0 Å². The number of methoxy groups -OCH3 is 1. The van der Waals surface area contributed by atoms with E-state index in [4.69, 9.17) is 4.74 Å². The van der Waals surface area contributed by atoms with Gasteiger partial charge in [-0.1, -0.05) is 20.8 Å². The van der Waals surface area contributed by atoms with Gasteiger partial charge < -0.3 is 14.6 Å². The number of hydrogen-bond donors (Lipinski definition) is 1. The summed E-state index contributed by atoms with van der Waals surface area (Å²) in [6.45, 7) is 6.21. The molecule has 1 fully saturated rings. The molecule has 1 N–H and O–H groups in total.